The van der Waals surface area contributed by atoms with Crippen LogP contribution < -0.4 is 4.74 Å². The quantitative estimate of drug-likeness (QED) is 0.554. The fourth-order valence-electron chi connectivity index (χ4n) is 1.47. The second kappa shape index (κ2) is 10.2. The van der Waals surface area contributed by atoms with Crippen LogP contribution in [0, 0.1) is 0 Å². The number of aliphatic imine (C=N–C) groups is 1. The molecule has 0 saturated heterocycles. The normalized spacial score (nSPS) is 9.75. The molecule has 0 unspecified atom stereocenters. The van der Waals surface area contributed by atoms with Crippen molar-refractivity contribution in [2.75, 3.05) is 7.11 Å². The average molecular weight is 435 g/mol. The summed E-state index contributed by atoms with van der Waals surface area (Å²) in [6.07, 6.45) is 1.62. The molecule has 0 aromatic heterocycles. The maximum atomic E-state index is 9.59. The van der Waals surface area contributed by atoms with Gasteiger partial charge in [-0.3, -0.25) is 4.99 Å². The number of methoxy groups -OCH3 is 1. The number of halogens is 2. The van der Waals surface area contributed by atoms with E-state index in [0.29, 0.717) is 11.3 Å². The molecule has 0 aliphatic rings. The van der Waals surface area contributed by atoms with Gasteiger partial charge in [-0.2, -0.15) is 0 Å². The summed E-state index contributed by atoms with van der Waals surface area (Å²) in [6, 6.07) is 14.5. The van der Waals surface area contributed by atoms with E-state index in [2.05, 4.69) is 31.3 Å². The zero-order valence-electron chi connectivity index (χ0n) is 10.8. The monoisotopic (exact) mass is 433 g/mol. The Morgan fingerprint density at radius 1 is 1.10 bits per heavy atom. The molecule has 2 aromatic rings. The van der Waals surface area contributed by atoms with Gasteiger partial charge in [0.05, 0.1) is 7.11 Å². The number of phenols is 1. The van der Waals surface area contributed by atoms with Crippen molar-refractivity contribution in [2.24, 2.45) is 4.99 Å². The van der Waals surface area contributed by atoms with Crippen molar-refractivity contribution in [3.8, 4) is 11.5 Å². The maximum absolute atomic E-state index is 9.59. The molecule has 1 N–H and O–H groups in total. The molecule has 6 heteroatoms. The Hall–Kier alpha value is -0.616. The number of hydrogen-bond donors (Lipinski definition) is 1. The van der Waals surface area contributed by atoms with Crippen LogP contribution in [0.1, 0.15) is 5.56 Å². The second-order valence-corrected chi connectivity index (χ2v) is 11.4. The van der Waals surface area contributed by atoms with E-state index in [0.717, 1.165) is 5.69 Å². The summed E-state index contributed by atoms with van der Waals surface area (Å²) in [5.41, 5.74) is 1.41. The Bertz CT molecular complexity index is 564. The van der Waals surface area contributed by atoms with E-state index in [4.69, 9.17) is 4.74 Å². The van der Waals surface area contributed by atoms with Crippen molar-refractivity contribution in [1.29, 1.82) is 0 Å². The molecule has 0 bridgehead atoms. The van der Waals surface area contributed by atoms with Gasteiger partial charge >= 0.3 is 41.3 Å². The fraction of sp³-hybridized carbons (Fsp3) is 0.0714. The van der Waals surface area contributed by atoms with E-state index in [-0.39, 0.29) is 20.7 Å². The van der Waals surface area contributed by atoms with E-state index >= 15 is 0 Å². The number of nitrogens with zero attached hydrogens (tertiary/aromatic N) is 1. The van der Waals surface area contributed by atoms with Crippen molar-refractivity contribution in [3.05, 3.63) is 54.1 Å². The molecule has 0 aliphatic heterocycles. The van der Waals surface area contributed by atoms with Crippen molar-refractivity contribution in [2.45, 2.75) is 0 Å². The SMILES string of the molecule is COc1ccccc1N=Cc1ccccc1O.[Br][Ti][Br]. The van der Waals surface area contributed by atoms with E-state index in [1.165, 1.54) is 0 Å². The first-order valence-corrected chi connectivity index (χ1v) is 13.4. The van der Waals surface area contributed by atoms with Gasteiger partial charge < -0.3 is 9.84 Å². The number of aromatic hydroxyl groups is 1. The Balaban J connectivity index is 0.000000612. The molecule has 20 heavy (non-hydrogen) atoms. The molecule has 0 aliphatic carbocycles. The molecule has 2 aromatic carbocycles. The minimum absolute atomic E-state index is 0.125. The van der Waals surface area contributed by atoms with Crippen molar-refractivity contribution < 1.29 is 24.8 Å². The number of para-hydroxylation sites is 3. The summed E-state index contributed by atoms with van der Waals surface area (Å²) in [5, 5.41) is 9.59. The van der Waals surface area contributed by atoms with Gasteiger partial charge in [0.25, 0.3) is 0 Å². The van der Waals surface area contributed by atoms with Gasteiger partial charge in [0.1, 0.15) is 17.2 Å². The predicted molar refractivity (Wildman–Crippen MR) is 86.2 cm³/mol. The Kier molecular flexibility index (Phi) is 8.86. The standard InChI is InChI=1S/C14H13NO2.2BrH.Ti/c1-17-14-9-5-3-7-12(14)15-10-11-6-2-4-8-13(11)16;;;/h2-10,16H,1H3;2*1H;/q;;;+2/p-2. The van der Waals surface area contributed by atoms with Gasteiger partial charge in [-0.05, 0) is 24.3 Å². The number of ether oxygens (including phenoxy) is 1. The van der Waals surface area contributed by atoms with Crippen LogP contribution >= 0.6 is 26.3 Å². The molecule has 3 nitrogen and oxygen atoms in total. The minimum atomic E-state index is 0.125. The van der Waals surface area contributed by atoms with Crippen LogP contribution in [-0.2, 0) is 15.0 Å². The van der Waals surface area contributed by atoms with Crippen LogP contribution in [0.2, 0.25) is 0 Å². The van der Waals surface area contributed by atoms with Crippen LogP contribution in [0.3, 0.4) is 0 Å². The summed E-state index contributed by atoms with van der Waals surface area (Å²) in [6.45, 7) is 0. The summed E-state index contributed by atoms with van der Waals surface area (Å²) in [4.78, 5) is 4.30. The van der Waals surface area contributed by atoms with Crippen LogP contribution in [-0.4, -0.2) is 18.4 Å². The summed E-state index contributed by atoms with van der Waals surface area (Å²) < 4.78 is 5.19. The number of phenolic OH excluding ortho intramolecular Hbond substituents is 1. The van der Waals surface area contributed by atoms with E-state index in [1.54, 1.807) is 31.5 Å². The van der Waals surface area contributed by atoms with Crippen LogP contribution in [0.25, 0.3) is 0 Å². The molecular formula is C14H13Br2NO2Ti. The first-order chi connectivity index (χ1) is 9.72. The molecule has 0 fully saturated rings. The third-order valence-corrected chi connectivity index (χ3v) is 2.36. The molecule has 2 rings (SSSR count). The Labute approximate surface area is 140 Å². The van der Waals surface area contributed by atoms with Crippen LogP contribution in [0.5, 0.6) is 11.5 Å². The summed E-state index contributed by atoms with van der Waals surface area (Å²) >= 11 is 6.50. The van der Waals surface area contributed by atoms with Crippen molar-refractivity contribution >= 4 is 38.2 Å². The van der Waals surface area contributed by atoms with Crippen molar-refractivity contribution in [1.82, 2.24) is 0 Å². The van der Waals surface area contributed by atoms with Gasteiger partial charge in [-0.1, -0.05) is 24.3 Å². The average Bonchev–Trinajstić information content (AvgIpc) is 2.47. The van der Waals surface area contributed by atoms with Crippen molar-refractivity contribution in [3.63, 3.8) is 0 Å². The van der Waals surface area contributed by atoms with Gasteiger partial charge in [0.2, 0.25) is 0 Å². The zero-order valence-corrected chi connectivity index (χ0v) is 15.5. The molecule has 0 atom stereocenters. The summed E-state index contributed by atoms with van der Waals surface area (Å²) in [5.74, 6) is 0.922. The molecule has 0 heterocycles. The summed E-state index contributed by atoms with van der Waals surface area (Å²) in [7, 11) is 1.61. The molecule has 0 radical (unpaired) electrons. The predicted octanol–water partition coefficient (Wildman–Crippen LogP) is 4.84. The Morgan fingerprint density at radius 3 is 2.35 bits per heavy atom. The third kappa shape index (κ3) is 5.79. The van der Waals surface area contributed by atoms with E-state index in [9.17, 15) is 5.11 Å². The first kappa shape index (κ1) is 17.4. The molecule has 0 saturated carbocycles. The van der Waals surface area contributed by atoms with E-state index in [1.807, 2.05) is 30.3 Å². The molecule has 0 spiro atoms. The number of hydrogen-bond acceptors (Lipinski definition) is 3. The van der Waals surface area contributed by atoms with Gasteiger partial charge in [0, 0.05) is 11.8 Å². The molecule has 104 valence electrons. The van der Waals surface area contributed by atoms with Gasteiger partial charge in [0.15, 0.2) is 0 Å². The molecular weight excluding hydrogens is 422 g/mol. The van der Waals surface area contributed by atoms with Crippen LogP contribution in [0.15, 0.2) is 53.5 Å². The number of rotatable bonds is 3. The fourth-order valence-corrected chi connectivity index (χ4v) is 1.47. The first-order valence-electron chi connectivity index (χ1n) is 5.64. The molecule has 0 amide bonds. The zero-order chi connectivity index (χ0) is 14.8. The second-order valence-electron chi connectivity index (χ2n) is 3.56. The number of benzene rings is 2. The van der Waals surface area contributed by atoms with Gasteiger partial charge in [-0.15, -0.1) is 0 Å². The Morgan fingerprint density at radius 2 is 1.70 bits per heavy atom. The topological polar surface area (TPSA) is 41.8 Å². The van der Waals surface area contributed by atoms with Gasteiger partial charge in [-0.25, -0.2) is 0 Å². The van der Waals surface area contributed by atoms with E-state index < -0.39 is 0 Å². The third-order valence-electron chi connectivity index (χ3n) is 2.36. The van der Waals surface area contributed by atoms with Crippen LogP contribution in [0.4, 0.5) is 5.69 Å².